The maximum Gasteiger partial charge on any atom is 0.295 e. The van der Waals surface area contributed by atoms with Gasteiger partial charge in [0.05, 0.1) is 24.8 Å². The van der Waals surface area contributed by atoms with Gasteiger partial charge in [-0.05, 0) is 81.7 Å². The Bertz CT molecular complexity index is 1110. The molecule has 2 aromatic carbocycles. The molecule has 2 aliphatic heterocycles. The maximum atomic E-state index is 13.5. The van der Waals surface area contributed by atoms with Crippen LogP contribution in [0.5, 0.6) is 11.5 Å². The highest BCUT2D eigenvalue weighted by Crippen LogP contribution is 2.42. The zero-order valence-electron chi connectivity index (χ0n) is 20.1. The lowest BCUT2D eigenvalue weighted by molar-refractivity contribution is -0.140. The Hall–Kier alpha value is -3.39. The van der Waals surface area contributed by atoms with Gasteiger partial charge in [-0.3, -0.25) is 9.59 Å². The number of hydrogen-bond donors (Lipinski definition) is 1. The second kappa shape index (κ2) is 10.9. The van der Waals surface area contributed by atoms with Crippen LogP contribution in [0, 0.1) is 5.82 Å². The fourth-order valence-corrected chi connectivity index (χ4v) is 4.71. The third-order valence-electron chi connectivity index (χ3n) is 6.40. The van der Waals surface area contributed by atoms with Gasteiger partial charge in [-0.25, -0.2) is 4.39 Å². The van der Waals surface area contributed by atoms with Crippen molar-refractivity contribution in [2.45, 2.75) is 32.7 Å². The molecule has 35 heavy (non-hydrogen) atoms. The third-order valence-corrected chi connectivity index (χ3v) is 6.40. The number of amides is 1. The first-order valence-corrected chi connectivity index (χ1v) is 12.1. The van der Waals surface area contributed by atoms with Crippen molar-refractivity contribution in [2.75, 3.05) is 39.4 Å². The molecule has 2 saturated heterocycles. The first kappa shape index (κ1) is 24.7. The van der Waals surface area contributed by atoms with Crippen LogP contribution in [0.25, 0.3) is 5.76 Å². The van der Waals surface area contributed by atoms with Crippen LogP contribution in [0.2, 0.25) is 0 Å². The van der Waals surface area contributed by atoms with Crippen molar-refractivity contribution >= 4 is 17.4 Å². The van der Waals surface area contributed by atoms with Crippen molar-refractivity contribution in [3.05, 3.63) is 65.0 Å². The SMILES string of the molecule is CCOc1ccc(C2/C(=C(\O)c3ccc(F)cc3)C(=O)C(=O)N2CCN2CCCC2)cc1OCC. The standard InChI is InChI=1S/C27H31FN2O5/c1-3-34-21-12-9-19(17-22(21)35-4-2)24-23(25(31)18-7-10-20(28)11-8-18)26(32)27(33)30(24)16-15-29-13-5-6-14-29/h7-12,17,24,31H,3-6,13-16H2,1-2H3/b25-23+. The summed E-state index contributed by atoms with van der Waals surface area (Å²) in [5.74, 6) is -1.15. The van der Waals surface area contributed by atoms with Crippen LogP contribution in [0.4, 0.5) is 4.39 Å². The molecule has 2 heterocycles. The second-order valence-corrected chi connectivity index (χ2v) is 8.62. The number of ether oxygens (including phenoxy) is 2. The monoisotopic (exact) mass is 482 g/mol. The molecule has 0 saturated carbocycles. The van der Waals surface area contributed by atoms with Crippen molar-refractivity contribution in [3.63, 3.8) is 0 Å². The lowest BCUT2D eigenvalue weighted by Crippen LogP contribution is -2.37. The summed E-state index contributed by atoms with van der Waals surface area (Å²) >= 11 is 0. The van der Waals surface area contributed by atoms with Gasteiger partial charge < -0.3 is 24.4 Å². The number of rotatable bonds is 9. The van der Waals surface area contributed by atoms with Gasteiger partial charge >= 0.3 is 0 Å². The topological polar surface area (TPSA) is 79.3 Å². The van der Waals surface area contributed by atoms with E-state index in [1.54, 1.807) is 18.2 Å². The Labute approximate surface area is 204 Å². The summed E-state index contributed by atoms with van der Waals surface area (Å²) in [7, 11) is 0. The van der Waals surface area contributed by atoms with Gasteiger partial charge in [0.25, 0.3) is 11.7 Å². The number of halogens is 1. The van der Waals surface area contributed by atoms with E-state index >= 15 is 0 Å². The number of benzene rings is 2. The van der Waals surface area contributed by atoms with Crippen molar-refractivity contribution in [2.24, 2.45) is 0 Å². The molecule has 0 aromatic heterocycles. The lowest BCUT2D eigenvalue weighted by Gasteiger charge is -2.28. The molecule has 2 fully saturated rings. The Morgan fingerprint density at radius 3 is 2.29 bits per heavy atom. The van der Waals surface area contributed by atoms with Crippen LogP contribution in [0.1, 0.15) is 43.9 Å². The zero-order chi connectivity index (χ0) is 24.9. The number of nitrogens with zero attached hydrogens (tertiary/aromatic N) is 2. The summed E-state index contributed by atoms with van der Waals surface area (Å²) in [5, 5.41) is 11.1. The maximum absolute atomic E-state index is 13.5. The Balaban J connectivity index is 1.79. The number of aliphatic hydroxyl groups excluding tert-OH is 1. The van der Waals surface area contributed by atoms with E-state index in [0.717, 1.165) is 25.9 Å². The van der Waals surface area contributed by atoms with E-state index in [9.17, 15) is 19.1 Å². The van der Waals surface area contributed by atoms with E-state index in [1.807, 2.05) is 13.8 Å². The highest BCUT2D eigenvalue weighted by Gasteiger charge is 2.46. The first-order chi connectivity index (χ1) is 16.9. The summed E-state index contributed by atoms with van der Waals surface area (Å²) in [4.78, 5) is 30.2. The quantitative estimate of drug-likeness (QED) is 0.329. The molecule has 0 bridgehead atoms. The summed E-state index contributed by atoms with van der Waals surface area (Å²) < 4.78 is 24.9. The van der Waals surface area contributed by atoms with Gasteiger partial charge in [0.15, 0.2) is 11.5 Å². The summed E-state index contributed by atoms with van der Waals surface area (Å²) in [6.07, 6.45) is 2.23. The molecule has 8 heteroatoms. The Morgan fingerprint density at radius 2 is 1.63 bits per heavy atom. The molecule has 0 spiro atoms. The molecule has 4 rings (SSSR count). The largest absolute Gasteiger partial charge is 0.507 e. The number of Topliss-reactive ketones (excluding diaryl/α,β-unsaturated/α-hetero) is 1. The predicted octanol–water partition coefficient (Wildman–Crippen LogP) is 4.14. The van der Waals surface area contributed by atoms with Gasteiger partial charge in [-0.15, -0.1) is 0 Å². The number of ketones is 1. The van der Waals surface area contributed by atoms with E-state index in [1.165, 1.54) is 29.2 Å². The fourth-order valence-electron chi connectivity index (χ4n) is 4.71. The number of carbonyl (C=O) groups excluding carboxylic acids is 2. The molecule has 186 valence electrons. The van der Waals surface area contributed by atoms with Gasteiger partial charge in [-0.2, -0.15) is 0 Å². The van der Waals surface area contributed by atoms with Crippen LogP contribution in [-0.4, -0.2) is 66.0 Å². The van der Waals surface area contributed by atoms with Crippen LogP contribution in [-0.2, 0) is 9.59 Å². The number of aliphatic hydroxyl groups is 1. The van der Waals surface area contributed by atoms with Crippen molar-refractivity contribution in [3.8, 4) is 11.5 Å². The zero-order valence-corrected chi connectivity index (χ0v) is 20.1. The van der Waals surface area contributed by atoms with E-state index < -0.39 is 23.5 Å². The molecule has 2 aromatic rings. The average molecular weight is 483 g/mol. The van der Waals surface area contributed by atoms with Gasteiger partial charge in [0.2, 0.25) is 0 Å². The van der Waals surface area contributed by atoms with Crippen molar-refractivity contribution in [1.82, 2.24) is 9.80 Å². The molecule has 1 unspecified atom stereocenters. The van der Waals surface area contributed by atoms with Crippen LogP contribution in [0.15, 0.2) is 48.0 Å². The van der Waals surface area contributed by atoms with E-state index in [2.05, 4.69) is 4.90 Å². The number of likely N-dealkylation sites (tertiary alicyclic amines) is 2. The van der Waals surface area contributed by atoms with Crippen LogP contribution < -0.4 is 9.47 Å². The van der Waals surface area contributed by atoms with Crippen molar-refractivity contribution in [1.29, 1.82) is 0 Å². The minimum Gasteiger partial charge on any atom is -0.507 e. The molecule has 7 nitrogen and oxygen atoms in total. The van der Waals surface area contributed by atoms with Crippen LogP contribution >= 0.6 is 0 Å². The minimum absolute atomic E-state index is 0.0189. The third kappa shape index (κ3) is 5.17. The Kier molecular flexibility index (Phi) is 7.70. The summed E-state index contributed by atoms with van der Waals surface area (Å²) in [5.41, 5.74) is 0.876. The second-order valence-electron chi connectivity index (χ2n) is 8.62. The highest BCUT2D eigenvalue weighted by molar-refractivity contribution is 6.46. The smallest absolute Gasteiger partial charge is 0.295 e. The molecule has 2 aliphatic rings. The average Bonchev–Trinajstić information content (AvgIpc) is 3.46. The number of carbonyl (C=O) groups is 2. The van der Waals surface area contributed by atoms with Crippen LogP contribution in [0.3, 0.4) is 0 Å². The molecule has 0 radical (unpaired) electrons. The van der Waals surface area contributed by atoms with E-state index in [-0.39, 0.29) is 16.9 Å². The molecule has 0 aliphatic carbocycles. The van der Waals surface area contributed by atoms with Crippen molar-refractivity contribution < 1.29 is 28.6 Å². The number of hydrogen-bond acceptors (Lipinski definition) is 6. The minimum atomic E-state index is -0.808. The van der Waals surface area contributed by atoms with Gasteiger partial charge in [0, 0.05) is 18.7 Å². The lowest BCUT2D eigenvalue weighted by atomic mass is 9.95. The molecular weight excluding hydrogens is 451 g/mol. The van der Waals surface area contributed by atoms with E-state index in [0.29, 0.717) is 43.4 Å². The molecule has 1 N–H and O–H groups in total. The summed E-state index contributed by atoms with van der Waals surface area (Å²) in [6.45, 7) is 7.50. The Morgan fingerprint density at radius 1 is 0.971 bits per heavy atom. The molecular formula is C27H31FN2O5. The van der Waals surface area contributed by atoms with Gasteiger partial charge in [-0.1, -0.05) is 6.07 Å². The molecule has 1 atom stereocenters. The highest BCUT2D eigenvalue weighted by atomic mass is 19.1. The molecule has 1 amide bonds. The normalized spacial score (nSPS) is 20.0. The fraction of sp³-hybridized carbons (Fsp3) is 0.407. The predicted molar refractivity (Wildman–Crippen MR) is 130 cm³/mol. The summed E-state index contributed by atoms with van der Waals surface area (Å²) in [6, 6.07) is 9.68. The van der Waals surface area contributed by atoms with E-state index in [4.69, 9.17) is 9.47 Å². The van der Waals surface area contributed by atoms with Gasteiger partial charge in [0.1, 0.15) is 11.6 Å². The first-order valence-electron chi connectivity index (χ1n) is 12.1.